The highest BCUT2D eigenvalue weighted by Crippen LogP contribution is 2.50. The van der Waals surface area contributed by atoms with Gasteiger partial charge in [-0.25, -0.2) is 4.79 Å². The number of likely N-dealkylation sites (tertiary alicyclic amines) is 1. The Bertz CT molecular complexity index is 1720. The van der Waals surface area contributed by atoms with E-state index in [0.717, 1.165) is 24.0 Å². The maximum atomic E-state index is 14.0. The Kier molecular flexibility index (Phi) is 17.7. The maximum absolute atomic E-state index is 14.0. The summed E-state index contributed by atoms with van der Waals surface area (Å²) in [6.07, 6.45) is 15.3. The predicted octanol–water partition coefficient (Wildman–Crippen LogP) is 5.55. The summed E-state index contributed by atoms with van der Waals surface area (Å²) in [6, 6.07) is 19.7. The number of rotatable bonds is 23. The van der Waals surface area contributed by atoms with Crippen LogP contribution in [0, 0.1) is 41.4 Å². The first-order valence-electron chi connectivity index (χ1n) is 19.9. The average molecular weight is 802 g/mol. The smallest absolute Gasteiger partial charge is 0.320 e. The van der Waals surface area contributed by atoms with Crippen LogP contribution in [0.4, 0.5) is 4.79 Å². The first kappa shape index (κ1) is 43.6. The molecule has 3 aliphatic rings. The second kappa shape index (κ2) is 23.1. The minimum absolute atomic E-state index is 0.00231. The van der Waals surface area contributed by atoms with Gasteiger partial charge in [-0.1, -0.05) is 97.1 Å². The number of amides is 4. The molecule has 4 amide bonds. The summed E-state index contributed by atoms with van der Waals surface area (Å²) in [7, 11) is -0.235. The lowest BCUT2D eigenvalue weighted by Crippen LogP contribution is -2.34. The number of carbonyl (C=O) groups is 5. The fraction of sp³-hybridized carbons (Fsp3) is 0.477. The van der Waals surface area contributed by atoms with E-state index >= 15 is 0 Å². The first-order chi connectivity index (χ1) is 27.7. The van der Waals surface area contributed by atoms with Gasteiger partial charge in [-0.05, 0) is 75.7 Å². The van der Waals surface area contributed by atoms with E-state index in [0.29, 0.717) is 52.1 Å². The highest BCUT2D eigenvalue weighted by Gasteiger charge is 2.57. The van der Waals surface area contributed by atoms with Crippen molar-refractivity contribution in [2.75, 3.05) is 58.9 Å². The molecular weight excluding hydrogens is 745 g/mol. The molecule has 306 valence electrons. The van der Waals surface area contributed by atoms with E-state index in [2.05, 4.69) is 41.0 Å². The molecule has 2 aliphatic carbocycles. The maximum Gasteiger partial charge on any atom is 0.320 e. The Hall–Kier alpha value is -4.48. The van der Waals surface area contributed by atoms with E-state index in [-0.39, 0.29) is 81.6 Å². The molecule has 3 N–H and O–H groups in total. The third kappa shape index (κ3) is 13.3. The second-order valence-electron chi connectivity index (χ2n) is 14.7. The first-order valence-corrected chi connectivity index (χ1v) is 21.1. The summed E-state index contributed by atoms with van der Waals surface area (Å²) in [6.45, 7) is 4.39. The Labute approximate surface area is 337 Å². The van der Waals surface area contributed by atoms with Gasteiger partial charge in [-0.3, -0.25) is 24.1 Å². The summed E-state index contributed by atoms with van der Waals surface area (Å²) < 4.78 is 16.4. The summed E-state index contributed by atoms with van der Waals surface area (Å²) >= 11 is 0. The SMILES string of the molecule is C/C=C/C1CC(/C=C\C2CC(/C=C/c3ccccc3)C3C(=O)N(Cc4ccccc4)C(=O)C23)CC1C(=O)NCCOCCOCCOCC(=O)NCCPC(=O)O. The molecule has 8 atom stereocenters. The summed E-state index contributed by atoms with van der Waals surface area (Å²) in [4.78, 5) is 64.8. The third-order valence-electron chi connectivity index (χ3n) is 10.8. The Morgan fingerprint density at radius 2 is 1.40 bits per heavy atom. The Balaban J connectivity index is 1.06. The molecule has 13 heteroatoms. The van der Waals surface area contributed by atoms with Gasteiger partial charge in [0.1, 0.15) is 6.61 Å². The lowest BCUT2D eigenvalue weighted by atomic mass is 9.88. The number of carbonyl (C=O) groups excluding carboxylic acids is 4. The van der Waals surface area contributed by atoms with Gasteiger partial charge >= 0.3 is 5.71 Å². The number of hydrogen-bond donors (Lipinski definition) is 3. The van der Waals surface area contributed by atoms with Gasteiger partial charge in [0, 0.05) is 19.0 Å². The van der Waals surface area contributed by atoms with Crippen LogP contribution in [-0.4, -0.2) is 98.2 Å². The number of nitrogens with one attached hydrogen (secondary N) is 2. The minimum Gasteiger partial charge on any atom is -0.478 e. The lowest BCUT2D eigenvalue weighted by molar-refractivity contribution is -0.141. The molecule has 1 heterocycles. The van der Waals surface area contributed by atoms with Crippen molar-refractivity contribution in [1.29, 1.82) is 0 Å². The monoisotopic (exact) mass is 801 g/mol. The molecule has 0 spiro atoms. The van der Waals surface area contributed by atoms with Gasteiger partial charge in [0.2, 0.25) is 23.6 Å². The van der Waals surface area contributed by atoms with Crippen molar-refractivity contribution < 1.29 is 43.3 Å². The molecule has 1 saturated heterocycles. The summed E-state index contributed by atoms with van der Waals surface area (Å²) in [5.74, 6) is -1.34. The largest absolute Gasteiger partial charge is 0.478 e. The van der Waals surface area contributed by atoms with Crippen LogP contribution in [-0.2, 0) is 39.9 Å². The van der Waals surface area contributed by atoms with E-state index in [9.17, 15) is 24.0 Å². The number of ether oxygens (including phenoxy) is 3. The molecule has 5 rings (SSSR count). The van der Waals surface area contributed by atoms with E-state index < -0.39 is 17.5 Å². The zero-order chi connectivity index (χ0) is 40.4. The number of benzene rings is 2. The third-order valence-corrected chi connectivity index (χ3v) is 11.6. The molecule has 0 radical (unpaired) electrons. The molecule has 3 fully saturated rings. The van der Waals surface area contributed by atoms with Gasteiger partial charge in [0.25, 0.3) is 0 Å². The average Bonchev–Trinajstić information content (AvgIpc) is 3.87. The van der Waals surface area contributed by atoms with Gasteiger partial charge in [-0.2, -0.15) is 0 Å². The van der Waals surface area contributed by atoms with Crippen LogP contribution in [0.2, 0.25) is 0 Å². The fourth-order valence-electron chi connectivity index (χ4n) is 8.13. The minimum atomic E-state index is -0.870. The summed E-state index contributed by atoms with van der Waals surface area (Å²) in [5, 5.41) is 14.3. The molecule has 2 saturated carbocycles. The van der Waals surface area contributed by atoms with Crippen LogP contribution in [0.3, 0.4) is 0 Å². The van der Waals surface area contributed by atoms with E-state index in [1.165, 1.54) is 4.90 Å². The lowest BCUT2D eigenvalue weighted by Gasteiger charge is -2.19. The zero-order valence-corrected chi connectivity index (χ0v) is 33.6. The Morgan fingerprint density at radius 1 is 0.754 bits per heavy atom. The number of fused-ring (bicyclic) bond motifs is 1. The Morgan fingerprint density at radius 3 is 2.09 bits per heavy atom. The van der Waals surface area contributed by atoms with E-state index in [4.69, 9.17) is 19.3 Å². The van der Waals surface area contributed by atoms with E-state index in [1.807, 2.05) is 73.7 Å². The van der Waals surface area contributed by atoms with Crippen molar-refractivity contribution in [2.45, 2.75) is 32.7 Å². The van der Waals surface area contributed by atoms with Crippen LogP contribution in [0.25, 0.3) is 6.08 Å². The standard InChI is InChI=1S/C44H56N3O9P/c1-2-9-34-26-33(27-37(34)41(49)46-18-20-54-21-22-55-23-24-56-30-38(48)45-19-25-57-44(52)53)15-17-36-28-35(16-14-31-10-5-3-6-11-31)39-40(36)43(51)47(42(39)50)29-32-12-7-4-8-13-32/h2-17,33-37,39-40,57H,18-30H2,1H3,(H,45,48)(H,46,49)(H,52,53)/b9-2+,16-14+,17-15-. The highest BCUT2D eigenvalue weighted by atomic mass is 31.1. The number of allylic oxidation sites excluding steroid dienone is 5. The molecule has 0 aromatic heterocycles. The number of hydrogen-bond acceptors (Lipinski definition) is 8. The molecule has 8 unspecified atom stereocenters. The fourth-order valence-corrected chi connectivity index (χ4v) is 8.60. The van der Waals surface area contributed by atoms with Crippen LogP contribution in [0.1, 0.15) is 37.3 Å². The quantitative estimate of drug-likeness (QED) is 0.0567. The van der Waals surface area contributed by atoms with Crippen molar-refractivity contribution in [3.05, 3.63) is 102 Å². The number of nitrogens with zero attached hydrogens (tertiary/aromatic N) is 1. The second-order valence-corrected chi connectivity index (χ2v) is 16.0. The molecule has 1 aliphatic heterocycles. The topological polar surface area (TPSA) is 161 Å². The molecular formula is C44H56N3O9P. The normalized spacial score (nSPS) is 24.8. The molecule has 0 bridgehead atoms. The van der Waals surface area contributed by atoms with E-state index in [1.54, 1.807) is 0 Å². The van der Waals surface area contributed by atoms with Gasteiger partial charge < -0.3 is 30.0 Å². The van der Waals surface area contributed by atoms with Crippen molar-refractivity contribution >= 4 is 44.0 Å². The molecule has 57 heavy (non-hydrogen) atoms. The van der Waals surface area contributed by atoms with Crippen LogP contribution in [0.5, 0.6) is 0 Å². The van der Waals surface area contributed by atoms with Crippen molar-refractivity contribution in [1.82, 2.24) is 15.5 Å². The highest BCUT2D eigenvalue weighted by molar-refractivity contribution is 7.57. The predicted molar refractivity (Wildman–Crippen MR) is 219 cm³/mol. The van der Waals surface area contributed by atoms with Crippen LogP contribution >= 0.6 is 8.58 Å². The van der Waals surface area contributed by atoms with Crippen molar-refractivity contribution in [3.63, 3.8) is 0 Å². The molecule has 12 nitrogen and oxygen atoms in total. The zero-order valence-electron chi connectivity index (χ0n) is 32.6. The van der Waals surface area contributed by atoms with Crippen molar-refractivity contribution in [3.8, 4) is 0 Å². The van der Waals surface area contributed by atoms with Gasteiger partial charge in [-0.15, -0.1) is 0 Å². The van der Waals surface area contributed by atoms with Crippen molar-refractivity contribution in [2.24, 2.45) is 41.4 Å². The van der Waals surface area contributed by atoms with Gasteiger partial charge in [0.05, 0.1) is 51.4 Å². The number of imide groups is 1. The van der Waals surface area contributed by atoms with Crippen LogP contribution in [0.15, 0.2) is 91.0 Å². The summed E-state index contributed by atoms with van der Waals surface area (Å²) in [5.41, 5.74) is 1.12. The number of carboxylic acid groups (broad SMARTS) is 1. The van der Waals surface area contributed by atoms with Crippen LogP contribution < -0.4 is 10.6 Å². The molecule has 2 aromatic carbocycles. The molecule has 2 aromatic rings. The van der Waals surface area contributed by atoms with Gasteiger partial charge in [0.15, 0.2) is 0 Å².